The van der Waals surface area contributed by atoms with Crippen LogP contribution in [0.4, 0.5) is 21.7 Å². The number of nitrogens with one attached hydrogen (secondary N) is 1. The average Bonchev–Trinajstić information content (AvgIpc) is 3.19. The largest absolute Gasteiger partial charge is 0.496 e. The van der Waals surface area contributed by atoms with Crippen molar-refractivity contribution in [2.45, 2.75) is 0 Å². The average molecular weight is 444 g/mol. The SMILES string of the molecule is COc1cc(F)c([N+](=O)[O-])cc1Nc1ncc(Cl)c(-n2ccc3c(OC)cccc32)n1. The topological polar surface area (TPSA) is 104 Å². The maximum Gasteiger partial charge on any atom is 0.307 e. The molecule has 9 nitrogen and oxygen atoms in total. The fourth-order valence-electron chi connectivity index (χ4n) is 3.16. The summed E-state index contributed by atoms with van der Waals surface area (Å²) in [6.45, 7) is 0. The molecule has 0 spiro atoms. The Hall–Kier alpha value is -3.92. The van der Waals surface area contributed by atoms with Crippen LogP contribution >= 0.6 is 11.6 Å². The van der Waals surface area contributed by atoms with Gasteiger partial charge < -0.3 is 14.8 Å². The van der Waals surface area contributed by atoms with Crippen LogP contribution in [0.15, 0.2) is 48.8 Å². The number of nitro benzene ring substituents is 1. The number of rotatable bonds is 6. The second-order valence-electron chi connectivity index (χ2n) is 6.33. The molecule has 1 N–H and O–H groups in total. The zero-order valence-electron chi connectivity index (χ0n) is 16.3. The van der Waals surface area contributed by atoms with Crippen molar-refractivity contribution in [1.82, 2.24) is 14.5 Å². The first-order valence-electron chi connectivity index (χ1n) is 8.89. The molecule has 2 heterocycles. The number of fused-ring (bicyclic) bond motifs is 1. The minimum atomic E-state index is -1.02. The van der Waals surface area contributed by atoms with Gasteiger partial charge in [0.1, 0.15) is 16.5 Å². The molecule has 0 amide bonds. The fraction of sp³-hybridized carbons (Fsp3) is 0.100. The zero-order chi connectivity index (χ0) is 22.1. The van der Waals surface area contributed by atoms with Gasteiger partial charge in [-0.25, -0.2) is 4.98 Å². The third kappa shape index (κ3) is 3.68. The third-order valence-electron chi connectivity index (χ3n) is 4.58. The van der Waals surface area contributed by atoms with E-state index in [9.17, 15) is 14.5 Å². The Morgan fingerprint density at radius 1 is 1.19 bits per heavy atom. The van der Waals surface area contributed by atoms with E-state index in [1.54, 1.807) is 17.9 Å². The first kappa shape index (κ1) is 20.4. The number of nitro groups is 1. The Bertz CT molecular complexity index is 1310. The van der Waals surface area contributed by atoms with E-state index in [1.807, 2.05) is 24.3 Å². The maximum atomic E-state index is 13.9. The highest BCUT2D eigenvalue weighted by atomic mass is 35.5. The molecule has 0 saturated heterocycles. The number of aromatic nitrogens is 3. The predicted octanol–water partition coefficient (Wildman–Crippen LogP) is 4.88. The second kappa shape index (κ2) is 8.07. The Kier molecular flexibility index (Phi) is 5.30. The summed E-state index contributed by atoms with van der Waals surface area (Å²) in [5.74, 6) is 0.196. The highest BCUT2D eigenvalue weighted by Crippen LogP contribution is 2.34. The Labute approximate surface area is 180 Å². The highest BCUT2D eigenvalue weighted by molar-refractivity contribution is 6.32. The summed E-state index contributed by atoms with van der Waals surface area (Å²) < 4.78 is 26.2. The van der Waals surface area contributed by atoms with Crippen molar-refractivity contribution < 1.29 is 18.8 Å². The number of halogens is 2. The smallest absolute Gasteiger partial charge is 0.307 e. The van der Waals surface area contributed by atoms with Crippen molar-refractivity contribution in [3.63, 3.8) is 0 Å². The van der Waals surface area contributed by atoms with Crippen LogP contribution in [0.1, 0.15) is 0 Å². The summed E-state index contributed by atoms with van der Waals surface area (Å²) in [4.78, 5) is 18.8. The van der Waals surface area contributed by atoms with Gasteiger partial charge in [0, 0.05) is 23.7 Å². The fourth-order valence-corrected chi connectivity index (χ4v) is 3.34. The number of methoxy groups -OCH3 is 2. The molecule has 0 aliphatic rings. The number of hydrogen-bond acceptors (Lipinski definition) is 7. The highest BCUT2D eigenvalue weighted by Gasteiger charge is 2.20. The number of ether oxygens (including phenoxy) is 2. The molecule has 0 bridgehead atoms. The van der Waals surface area contributed by atoms with Gasteiger partial charge in [0.25, 0.3) is 0 Å². The van der Waals surface area contributed by atoms with E-state index in [0.29, 0.717) is 11.6 Å². The van der Waals surface area contributed by atoms with Gasteiger partial charge in [0.15, 0.2) is 5.82 Å². The predicted molar refractivity (Wildman–Crippen MR) is 113 cm³/mol. The lowest BCUT2D eigenvalue weighted by atomic mass is 10.2. The van der Waals surface area contributed by atoms with Crippen molar-refractivity contribution in [2.24, 2.45) is 0 Å². The monoisotopic (exact) mass is 443 g/mol. The molecule has 0 aliphatic heterocycles. The maximum absolute atomic E-state index is 13.9. The lowest BCUT2D eigenvalue weighted by molar-refractivity contribution is -0.387. The number of anilines is 2. The molecule has 2 aromatic carbocycles. The van der Waals surface area contributed by atoms with Crippen molar-refractivity contribution in [2.75, 3.05) is 19.5 Å². The zero-order valence-corrected chi connectivity index (χ0v) is 17.1. The summed E-state index contributed by atoms with van der Waals surface area (Å²) in [6, 6.07) is 9.37. The first-order chi connectivity index (χ1) is 14.9. The van der Waals surface area contributed by atoms with Gasteiger partial charge >= 0.3 is 5.69 Å². The molecule has 0 atom stereocenters. The van der Waals surface area contributed by atoms with E-state index in [0.717, 1.165) is 23.0 Å². The normalized spacial score (nSPS) is 10.8. The number of benzene rings is 2. The number of hydrogen-bond donors (Lipinski definition) is 1. The molecule has 158 valence electrons. The van der Waals surface area contributed by atoms with Gasteiger partial charge in [-0.1, -0.05) is 17.7 Å². The van der Waals surface area contributed by atoms with Crippen LogP contribution < -0.4 is 14.8 Å². The van der Waals surface area contributed by atoms with E-state index in [2.05, 4.69) is 15.3 Å². The van der Waals surface area contributed by atoms with Gasteiger partial charge in [-0.05, 0) is 18.2 Å². The minimum Gasteiger partial charge on any atom is -0.496 e. The molecule has 0 radical (unpaired) electrons. The van der Waals surface area contributed by atoms with Crippen molar-refractivity contribution in [3.8, 4) is 17.3 Å². The summed E-state index contributed by atoms with van der Waals surface area (Å²) in [6.07, 6.45) is 3.18. The van der Waals surface area contributed by atoms with Crippen molar-refractivity contribution >= 4 is 39.8 Å². The quantitative estimate of drug-likeness (QED) is 0.334. The van der Waals surface area contributed by atoms with Crippen LogP contribution in [0.5, 0.6) is 11.5 Å². The summed E-state index contributed by atoms with van der Waals surface area (Å²) in [5.41, 5.74) is 0.227. The van der Waals surface area contributed by atoms with Crippen LogP contribution in [0.2, 0.25) is 5.02 Å². The molecule has 31 heavy (non-hydrogen) atoms. The molecule has 0 saturated carbocycles. The Balaban J connectivity index is 1.78. The molecular weight excluding hydrogens is 429 g/mol. The van der Waals surface area contributed by atoms with Gasteiger partial charge in [-0.2, -0.15) is 9.37 Å². The lowest BCUT2D eigenvalue weighted by Gasteiger charge is -2.12. The first-order valence-corrected chi connectivity index (χ1v) is 9.26. The Morgan fingerprint density at radius 3 is 2.68 bits per heavy atom. The Morgan fingerprint density at radius 2 is 1.97 bits per heavy atom. The van der Waals surface area contributed by atoms with E-state index in [1.165, 1.54) is 13.3 Å². The molecule has 0 unspecified atom stereocenters. The van der Waals surface area contributed by atoms with E-state index < -0.39 is 16.4 Å². The molecule has 0 fully saturated rings. The van der Waals surface area contributed by atoms with Crippen LogP contribution in [0.25, 0.3) is 16.7 Å². The van der Waals surface area contributed by atoms with Gasteiger partial charge in [0.2, 0.25) is 11.8 Å². The van der Waals surface area contributed by atoms with Gasteiger partial charge in [0.05, 0.1) is 36.5 Å². The van der Waals surface area contributed by atoms with E-state index in [-0.39, 0.29) is 22.4 Å². The molecule has 4 aromatic rings. The molecule has 11 heteroatoms. The van der Waals surface area contributed by atoms with Gasteiger partial charge in [-0.15, -0.1) is 0 Å². The molecule has 0 aliphatic carbocycles. The van der Waals surface area contributed by atoms with Crippen LogP contribution in [-0.4, -0.2) is 33.7 Å². The van der Waals surface area contributed by atoms with Crippen LogP contribution in [-0.2, 0) is 0 Å². The summed E-state index contributed by atoms with van der Waals surface area (Å²) in [5, 5.41) is 15.1. The van der Waals surface area contributed by atoms with Gasteiger partial charge in [-0.3, -0.25) is 14.7 Å². The van der Waals surface area contributed by atoms with Crippen molar-refractivity contribution in [3.05, 3.63) is 69.7 Å². The second-order valence-corrected chi connectivity index (χ2v) is 6.74. The minimum absolute atomic E-state index is 0.0550. The third-order valence-corrected chi connectivity index (χ3v) is 4.85. The van der Waals surface area contributed by atoms with E-state index in [4.69, 9.17) is 21.1 Å². The summed E-state index contributed by atoms with van der Waals surface area (Å²) >= 11 is 6.34. The number of nitrogens with zero attached hydrogens (tertiary/aromatic N) is 4. The molecule has 2 aromatic heterocycles. The lowest BCUT2D eigenvalue weighted by Crippen LogP contribution is -2.05. The standard InChI is InChI=1S/C20H15ClFN5O4/c1-30-17-5-3-4-15-11(17)6-7-26(15)19-12(21)10-23-20(25-19)24-14-9-16(27(28)29)13(22)8-18(14)31-2/h3-10H,1-2H3,(H,23,24,25). The van der Waals surface area contributed by atoms with Crippen LogP contribution in [0.3, 0.4) is 0 Å². The van der Waals surface area contributed by atoms with Crippen molar-refractivity contribution in [1.29, 1.82) is 0 Å². The molecule has 4 rings (SSSR count). The summed E-state index contributed by atoms with van der Waals surface area (Å²) in [7, 11) is 2.90. The van der Waals surface area contributed by atoms with E-state index >= 15 is 0 Å². The molecular formula is C20H15ClFN5O4. The van der Waals surface area contributed by atoms with Crippen LogP contribution in [0, 0.1) is 15.9 Å².